The number of carbonyl (C=O) groups is 1. The van der Waals surface area contributed by atoms with Gasteiger partial charge in [0.1, 0.15) is 5.65 Å². The van der Waals surface area contributed by atoms with Crippen LogP contribution in [0.15, 0.2) is 24.4 Å². The fourth-order valence-electron chi connectivity index (χ4n) is 2.84. The number of pyridine rings is 1. The lowest BCUT2D eigenvalue weighted by Crippen LogP contribution is -2.43. The average Bonchev–Trinajstić information content (AvgIpc) is 2.93. The van der Waals surface area contributed by atoms with Gasteiger partial charge in [-0.15, -0.1) is 0 Å². The molecule has 1 saturated heterocycles. The molecular weight excluding hydrogens is 298 g/mol. The lowest BCUT2D eigenvalue weighted by Gasteiger charge is -2.34. The first-order valence-electron chi connectivity index (χ1n) is 7.49. The first-order valence-corrected chi connectivity index (χ1v) is 8.65. The molecule has 3 heterocycles. The van der Waals surface area contributed by atoms with Crippen molar-refractivity contribution in [1.82, 2.24) is 14.3 Å². The van der Waals surface area contributed by atoms with Gasteiger partial charge in [0.15, 0.2) is 0 Å². The zero-order valence-corrected chi connectivity index (χ0v) is 13.8. The number of hydrogen-bond donors (Lipinski definition) is 0. The third-order valence-electron chi connectivity index (χ3n) is 4.09. The number of thioether (sulfide) groups is 1. The number of imidazole rings is 1. The quantitative estimate of drug-likeness (QED) is 0.808. The molecule has 0 radical (unpaired) electrons. The maximum Gasteiger partial charge on any atom is 0.307 e. The predicted octanol–water partition coefficient (Wildman–Crippen LogP) is 2.12. The smallest absolute Gasteiger partial charge is 0.307 e. The van der Waals surface area contributed by atoms with Crippen molar-refractivity contribution < 1.29 is 9.53 Å². The molecule has 0 amide bonds. The van der Waals surface area contributed by atoms with Crippen molar-refractivity contribution in [1.29, 1.82) is 0 Å². The van der Waals surface area contributed by atoms with Gasteiger partial charge in [-0.25, -0.2) is 4.98 Å². The SMILES string of the molecule is COC(=O)C[C@H]1CSCCN1Cc1cn2c(C)cccc2n1. The Hall–Kier alpha value is -1.53. The largest absolute Gasteiger partial charge is 0.469 e. The molecule has 0 unspecified atom stereocenters. The van der Waals surface area contributed by atoms with E-state index < -0.39 is 0 Å². The Morgan fingerprint density at radius 2 is 2.36 bits per heavy atom. The van der Waals surface area contributed by atoms with Gasteiger partial charge in [0.2, 0.25) is 0 Å². The third kappa shape index (κ3) is 3.28. The molecule has 2 aromatic rings. The van der Waals surface area contributed by atoms with Gasteiger partial charge in [-0.2, -0.15) is 11.8 Å². The highest BCUT2D eigenvalue weighted by atomic mass is 32.2. The molecule has 22 heavy (non-hydrogen) atoms. The molecule has 0 spiro atoms. The zero-order chi connectivity index (χ0) is 15.5. The molecular formula is C16H21N3O2S. The molecule has 1 fully saturated rings. The van der Waals surface area contributed by atoms with Crippen molar-refractivity contribution in [2.24, 2.45) is 0 Å². The number of fused-ring (bicyclic) bond motifs is 1. The second-order valence-electron chi connectivity index (χ2n) is 5.61. The summed E-state index contributed by atoms with van der Waals surface area (Å²) in [6.45, 7) is 3.85. The summed E-state index contributed by atoms with van der Waals surface area (Å²) >= 11 is 1.90. The Labute approximate surface area is 134 Å². The summed E-state index contributed by atoms with van der Waals surface area (Å²) in [5.74, 6) is 1.94. The number of rotatable bonds is 4. The van der Waals surface area contributed by atoms with Gasteiger partial charge in [-0.1, -0.05) is 6.07 Å². The van der Waals surface area contributed by atoms with Crippen LogP contribution in [0.5, 0.6) is 0 Å². The maximum atomic E-state index is 11.6. The maximum absolute atomic E-state index is 11.6. The number of carbonyl (C=O) groups excluding carboxylic acids is 1. The Balaban J connectivity index is 1.76. The summed E-state index contributed by atoms with van der Waals surface area (Å²) in [5, 5.41) is 0. The molecule has 0 saturated carbocycles. The monoisotopic (exact) mass is 319 g/mol. The number of ether oxygens (including phenoxy) is 1. The van der Waals surface area contributed by atoms with Gasteiger partial charge in [0.25, 0.3) is 0 Å². The minimum Gasteiger partial charge on any atom is -0.469 e. The molecule has 1 aliphatic heterocycles. The van der Waals surface area contributed by atoms with Gasteiger partial charge in [0, 0.05) is 42.5 Å². The lowest BCUT2D eigenvalue weighted by atomic mass is 10.2. The number of nitrogens with zero attached hydrogens (tertiary/aromatic N) is 3. The summed E-state index contributed by atoms with van der Waals surface area (Å²) in [6, 6.07) is 6.36. The van der Waals surface area contributed by atoms with E-state index in [9.17, 15) is 4.79 Å². The van der Waals surface area contributed by atoms with E-state index in [2.05, 4.69) is 28.5 Å². The van der Waals surface area contributed by atoms with E-state index in [1.165, 1.54) is 12.8 Å². The molecule has 0 bridgehead atoms. The van der Waals surface area contributed by atoms with Crippen molar-refractivity contribution in [2.45, 2.75) is 25.9 Å². The van der Waals surface area contributed by atoms with Gasteiger partial charge >= 0.3 is 5.97 Å². The normalized spacial score (nSPS) is 19.5. The van der Waals surface area contributed by atoms with E-state index in [1.54, 1.807) is 0 Å². The molecule has 5 nitrogen and oxygen atoms in total. The zero-order valence-electron chi connectivity index (χ0n) is 13.0. The van der Waals surface area contributed by atoms with Crippen LogP contribution in [0, 0.1) is 6.92 Å². The molecule has 0 N–H and O–H groups in total. The van der Waals surface area contributed by atoms with Gasteiger partial charge in [-0.3, -0.25) is 9.69 Å². The topological polar surface area (TPSA) is 46.8 Å². The summed E-state index contributed by atoms with van der Waals surface area (Å²) in [7, 11) is 1.45. The lowest BCUT2D eigenvalue weighted by molar-refractivity contribution is -0.141. The van der Waals surface area contributed by atoms with Crippen LogP contribution in [-0.4, -0.2) is 51.5 Å². The van der Waals surface area contributed by atoms with E-state index >= 15 is 0 Å². The van der Waals surface area contributed by atoms with Crippen LogP contribution in [0.4, 0.5) is 0 Å². The molecule has 6 heteroatoms. The fourth-order valence-corrected chi connectivity index (χ4v) is 3.98. The molecule has 0 aliphatic carbocycles. The first-order chi connectivity index (χ1) is 10.7. The Kier molecular flexibility index (Phi) is 4.69. The number of methoxy groups -OCH3 is 1. The summed E-state index contributed by atoms with van der Waals surface area (Å²) in [4.78, 5) is 18.6. The molecule has 3 rings (SSSR count). The summed E-state index contributed by atoms with van der Waals surface area (Å²) in [5.41, 5.74) is 3.21. The van der Waals surface area contributed by atoms with Gasteiger partial charge in [0.05, 0.1) is 19.2 Å². The minimum absolute atomic E-state index is 0.136. The van der Waals surface area contributed by atoms with E-state index in [1.807, 2.05) is 23.9 Å². The fraction of sp³-hybridized carbons (Fsp3) is 0.500. The van der Waals surface area contributed by atoms with Crippen molar-refractivity contribution in [2.75, 3.05) is 25.2 Å². The first kappa shape index (κ1) is 15.4. The van der Waals surface area contributed by atoms with E-state index in [0.29, 0.717) is 6.42 Å². The number of hydrogen-bond acceptors (Lipinski definition) is 5. The van der Waals surface area contributed by atoms with Crippen LogP contribution in [0.2, 0.25) is 0 Å². The van der Waals surface area contributed by atoms with Crippen molar-refractivity contribution in [3.05, 3.63) is 35.8 Å². The van der Waals surface area contributed by atoms with E-state index in [4.69, 9.17) is 9.72 Å². The second kappa shape index (κ2) is 6.71. The molecule has 1 atom stereocenters. The highest BCUT2D eigenvalue weighted by Crippen LogP contribution is 2.21. The standard InChI is InChI=1S/C16H21N3O2S/c1-12-4-3-5-15-17-13(10-19(12)15)9-18-6-7-22-11-14(18)8-16(20)21-2/h3-5,10,14H,6-9,11H2,1-2H3/t14-/m0/s1. The number of aromatic nitrogens is 2. The Morgan fingerprint density at radius 1 is 1.50 bits per heavy atom. The Bertz CT molecular complexity index is 670. The highest BCUT2D eigenvalue weighted by Gasteiger charge is 2.26. The number of aryl methyl sites for hydroxylation is 1. The van der Waals surface area contributed by atoms with E-state index in [0.717, 1.165) is 35.9 Å². The van der Waals surface area contributed by atoms with Crippen LogP contribution in [-0.2, 0) is 16.1 Å². The van der Waals surface area contributed by atoms with Crippen LogP contribution in [0.1, 0.15) is 17.8 Å². The molecule has 118 valence electrons. The van der Waals surface area contributed by atoms with Crippen molar-refractivity contribution in [3.8, 4) is 0 Å². The second-order valence-corrected chi connectivity index (χ2v) is 6.76. The molecule has 0 aromatic carbocycles. The number of esters is 1. The van der Waals surface area contributed by atoms with E-state index in [-0.39, 0.29) is 12.0 Å². The Morgan fingerprint density at radius 3 is 3.14 bits per heavy atom. The molecule has 2 aromatic heterocycles. The van der Waals surface area contributed by atoms with Gasteiger partial charge in [-0.05, 0) is 19.1 Å². The summed E-state index contributed by atoms with van der Waals surface area (Å²) < 4.78 is 6.94. The van der Waals surface area contributed by atoms with Gasteiger partial charge < -0.3 is 9.14 Å². The van der Waals surface area contributed by atoms with Crippen LogP contribution >= 0.6 is 11.8 Å². The summed E-state index contributed by atoms with van der Waals surface area (Å²) in [6.07, 6.45) is 2.55. The average molecular weight is 319 g/mol. The van der Waals surface area contributed by atoms with Crippen LogP contribution < -0.4 is 0 Å². The van der Waals surface area contributed by atoms with Crippen LogP contribution in [0.25, 0.3) is 5.65 Å². The van der Waals surface area contributed by atoms with Crippen molar-refractivity contribution >= 4 is 23.4 Å². The highest BCUT2D eigenvalue weighted by molar-refractivity contribution is 7.99. The minimum atomic E-state index is -0.136. The predicted molar refractivity (Wildman–Crippen MR) is 88.1 cm³/mol. The van der Waals surface area contributed by atoms with Crippen molar-refractivity contribution in [3.63, 3.8) is 0 Å². The molecule has 1 aliphatic rings. The van der Waals surface area contributed by atoms with Crippen LogP contribution in [0.3, 0.4) is 0 Å². The third-order valence-corrected chi connectivity index (χ3v) is 5.18.